The zero-order chi connectivity index (χ0) is 19.3. The summed E-state index contributed by atoms with van der Waals surface area (Å²) in [6, 6.07) is 5.65. The van der Waals surface area contributed by atoms with Crippen LogP contribution in [0.4, 0.5) is 5.13 Å². The first-order valence-electron chi connectivity index (χ1n) is 9.96. The predicted octanol–water partition coefficient (Wildman–Crippen LogP) is 4.38. The first-order valence-corrected chi connectivity index (χ1v) is 10.8. The second-order valence-corrected chi connectivity index (χ2v) is 9.61. The standard InChI is InChI=1S/C21H25N3O3S/c1-26-16-4-3-15(8-17(16)27-2)18-23-24-20(28-18)22-19(25)21-9-12-5-13(10-21)7-14(6-12)11-21/h3-4,8,12-14H,5-7,9-11H2,1-2H3,(H,22,24,25). The average Bonchev–Trinajstić information content (AvgIpc) is 3.15. The van der Waals surface area contributed by atoms with Crippen molar-refractivity contribution in [3.63, 3.8) is 0 Å². The van der Waals surface area contributed by atoms with E-state index in [1.807, 2.05) is 18.2 Å². The molecular formula is C21H25N3O3S. The molecule has 4 bridgehead atoms. The van der Waals surface area contributed by atoms with Crippen LogP contribution < -0.4 is 14.8 Å². The summed E-state index contributed by atoms with van der Waals surface area (Å²) < 4.78 is 10.7. The van der Waals surface area contributed by atoms with Crippen molar-refractivity contribution in [2.75, 3.05) is 19.5 Å². The number of nitrogens with one attached hydrogen (secondary N) is 1. The molecule has 0 unspecified atom stereocenters. The van der Waals surface area contributed by atoms with Gasteiger partial charge in [0.1, 0.15) is 5.01 Å². The maximum atomic E-state index is 13.2. The fraction of sp³-hybridized carbons (Fsp3) is 0.571. The fourth-order valence-electron chi connectivity index (χ4n) is 5.98. The lowest BCUT2D eigenvalue weighted by molar-refractivity contribution is -0.140. The molecule has 0 aliphatic heterocycles. The molecular weight excluding hydrogens is 374 g/mol. The fourth-order valence-corrected chi connectivity index (χ4v) is 6.71. The Morgan fingerprint density at radius 1 is 1.04 bits per heavy atom. The molecule has 148 valence electrons. The van der Waals surface area contributed by atoms with E-state index in [0.717, 1.165) is 47.6 Å². The Labute approximate surface area is 168 Å². The van der Waals surface area contributed by atoms with Crippen molar-refractivity contribution in [2.45, 2.75) is 38.5 Å². The molecule has 1 N–H and O–H groups in total. The van der Waals surface area contributed by atoms with Crippen LogP contribution in [0.2, 0.25) is 0 Å². The molecule has 6 nitrogen and oxygen atoms in total. The van der Waals surface area contributed by atoms with Crippen molar-refractivity contribution in [2.24, 2.45) is 23.2 Å². The summed E-state index contributed by atoms with van der Waals surface area (Å²) in [6.45, 7) is 0. The second-order valence-electron chi connectivity index (χ2n) is 8.63. The summed E-state index contributed by atoms with van der Waals surface area (Å²) in [4.78, 5) is 13.2. The SMILES string of the molecule is COc1ccc(-c2nnc(NC(=O)C34CC5CC(CC(C5)C3)C4)s2)cc1OC. The Hall–Kier alpha value is -2.15. The minimum atomic E-state index is -0.177. The van der Waals surface area contributed by atoms with E-state index in [1.165, 1.54) is 30.6 Å². The molecule has 1 heterocycles. The number of benzene rings is 1. The Balaban J connectivity index is 1.34. The van der Waals surface area contributed by atoms with Crippen LogP contribution in [0.25, 0.3) is 10.6 Å². The van der Waals surface area contributed by atoms with Gasteiger partial charge >= 0.3 is 0 Å². The van der Waals surface area contributed by atoms with Crippen LogP contribution in [-0.4, -0.2) is 30.3 Å². The van der Waals surface area contributed by atoms with Crippen LogP contribution in [0.15, 0.2) is 18.2 Å². The number of rotatable bonds is 5. The van der Waals surface area contributed by atoms with Gasteiger partial charge in [0.25, 0.3) is 0 Å². The molecule has 4 saturated carbocycles. The summed E-state index contributed by atoms with van der Waals surface area (Å²) in [5, 5.41) is 12.9. The van der Waals surface area contributed by atoms with E-state index in [4.69, 9.17) is 9.47 Å². The van der Waals surface area contributed by atoms with E-state index < -0.39 is 0 Å². The maximum absolute atomic E-state index is 13.2. The Morgan fingerprint density at radius 2 is 1.68 bits per heavy atom. The number of aromatic nitrogens is 2. The van der Waals surface area contributed by atoms with Gasteiger partial charge in [-0.3, -0.25) is 4.79 Å². The number of amides is 1. The molecule has 4 aliphatic rings. The molecule has 6 rings (SSSR count). The third kappa shape index (κ3) is 2.96. The molecule has 0 atom stereocenters. The van der Waals surface area contributed by atoms with Gasteiger partial charge in [0, 0.05) is 5.56 Å². The lowest BCUT2D eigenvalue weighted by atomic mass is 9.49. The number of hydrogen-bond donors (Lipinski definition) is 1. The van der Waals surface area contributed by atoms with E-state index in [-0.39, 0.29) is 11.3 Å². The Morgan fingerprint density at radius 3 is 2.29 bits per heavy atom. The van der Waals surface area contributed by atoms with Crippen LogP contribution >= 0.6 is 11.3 Å². The third-order valence-electron chi connectivity index (χ3n) is 6.80. The van der Waals surface area contributed by atoms with Crippen LogP contribution in [0.1, 0.15) is 38.5 Å². The summed E-state index contributed by atoms with van der Waals surface area (Å²) in [7, 11) is 3.22. The monoisotopic (exact) mass is 399 g/mol. The van der Waals surface area contributed by atoms with Crippen molar-refractivity contribution in [3.8, 4) is 22.1 Å². The van der Waals surface area contributed by atoms with Gasteiger partial charge in [0.15, 0.2) is 11.5 Å². The molecule has 1 aromatic carbocycles. The molecule has 0 radical (unpaired) electrons. The highest BCUT2D eigenvalue weighted by Gasteiger charge is 2.54. The zero-order valence-electron chi connectivity index (χ0n) is 16.2. The highest BCUT2D eigenvalue weighted by molar-refractivity contribution is 7.18. The Bertz CT molecular complexity index is 875. The number of carbonyl (C=O) groups excluding carboxylic acids is 1. The molecule has 4 aliphatic carbocycles. The van der Waals surface area contributed by atoms with Gasteiger partial charge in [-0.15, -0.1) is 10.2 Å². The topological polar surface area (TPSA) is 73.3 Å². The van der Waals surface area contributed by atoms with Gasteiger partial charge in [0.2, 0.25) is 11.0 Å². The largest absolute Gasteiger partial charge is 0.493 e. The maximum Gasteiger partial charge on any atom is 0.232 e. The van der Waals surface area contributed by atoms with Gasteiger partial charge in [-0.2, -0.15) is 0 Å². The van der Waals surface area contributed by atoms with Crippen molar-refractivity contribution >= 4 is 22.4 Å². The first-order chi connectivity index (χ1) is 13.6. The minimum Gasteiger partial charge on any atom is -0.493 e. The normalized spacial score (nSPS) is 30.3. The van der Waals surface area contributed by atoms with Gasteiger partial charge in [0.05, 0.1) is 19.6 Å². The molecule has 28 heavy (non-hydrogen) atoms. The summed E-state index contributed by atoms with van der Waals surface area (Å²) in [5.74, 6) is 3.71. The lowest BCUT2D eigenvalue weighted by Crippen LogP contribution is -2.51. The smallest absolute Gasteiger partial charge is 0.232 e. The average molecular weight is 400 g/mol. The highest BCUT2D eigenvalue weighted by Crippen LogP contribution is 2.60. The van der Waals surface area contributed by atoms with E-state index in [1.54, 1.807) is 14.2 Å². The van der Waals surface area contributed by atoms with Gasteiger partial charge in [-0.25, -0.2) is 0 Å². The van der Waals surface area contributed by atoms with E-state index >= 15 is 0 Å². The van der Waals surface area contributed by atoms with Crippen molar-refractivity contribution in [1.29, 1.82) is 0 Å². The van der Waals surface area contributed by atoms with E-state index in [9.17, 15) is 4.79 Å². The number of ether oxygens (including phenoxy) is 2. The van der Waals surface area contributed by atoms with Gasteiger partial charge < -0.3 is 14.8 Å². The molecule has 1 aromatic heterocycles. The number of nitrogens with zero attached hydrogens (tertiary/aromatic N) is 2. The number of carbonyl (C=O) groups is 1. The zero-order valence-corrected chi connectivity index (χ0v) is 17.1. The van der Waals surface area contributed by atoms with Gasteiger partial charge in [-0.05, 0) is 74.5 Å². The van der Waals surface area contributed by atoms with Crippen molar-refractivity contribution in [3.05, 3.63) is 18.2 Å². The quantitative estimate of drug-likeness (QED) is 0.808. The summed E-state index contributed by atoms with van der Waals surface area (Å²) in [5.41, 5.74) is 0.717. The number of anilines is 1. The molecule has 1 amide bonds. The molecule has 7 heteroatoms. The lowest BCUT2D eigenvalue weighted by Gasteiger charge is -2.55. The van der Waals surface area contributed by atoms with Crippen LogP contribution in [0.5, 0.6) is 11.5 Å². The highest BCUT2D eigenvalue weighted by atomic mass is 32.1. The predicted molar refractivity (Wildman–Crippen MR) is 108 cm³/mol. The van der Waals surface area contributed by atoms with Crippen molar-refractivity contribution in [1.82, 2.24) is 10.2 Å². The number of hydrogen-bond acceptors (Lipinski definition) is 6. The number of methoxy groups -OCH3 is 2. The molecule has 0 saturated heterocycles. The van der Waals surface area contributed by atoms with Gasteiger partial charge in [-0.1, -0.05) is 11.3 Å². The minimum absolute atomic E-state index is 0.154. The second kappa shape index (κ2) is 6.72. The first kappa shape index (κ1) is 17.9. The molecule has 4 fully saturated rings. The summed E-state index contributed by atoms with van der Waals surface area (Å²) >= 11 is 1.40. The summed E-state index contributed by atoms with van der Waals surface area (Å²) in [6.07, 6.45) is 7.13. The third-order valence-corrected chi connectivity index (χ3v) is 7.68. The molecule has 2 aromatic rings. The van der Waals surface area contributed by atoms with E-state index in [2.05, 4.69) is 15.5 Å². The van der Waals surface area contributed by atoms with Crippen LogP contribution in [-0.2, 0) is 4.79 Å². The van der Waals surface area contributed by atoms with Crippen LogP contribution in [0.3, 0.4) is 0 Å². The van der Waals surface area contributed by atoms with Crippen LogP contribution in [0, 0.1) is 23.2 Å². The molecule has 0 spiro atoms. The van der Waals surface area contributed by atoms with Crippen molar-refractivity contribution < 1.29 is 14.3 Å². The van der Waals surface area contributed by atoms with E-state index in [0.29, 0.717) is 16.6 Å². The Kier molecular flexibility index (Phi) is 4.30.